The molecule has 9 atom stereocenters. The van der Waals surface area contributed by atoms with Crippen LogP contribution in [-0.2, 0) is 19.1 Å². The number of aliphatic hydroxyl groups excluding tert-OH is 1. The second-order valence-electron chi connectivity index (χ2n) is 10.4. The van der Waals surface area contributed by atoms with Gasteiger partial charge in [0.2, 0.25) is 0 Å². The summed E-state index contributed by atoms with van der Waals surface area (Å²) in [6.07, 6.45) is 0.232. The van der Waals surface area contributed by atoms with Crippen LogP contribution in [0.3, 0.4) is 0 Å². The molecule has 9 heteroatoms. The average molecular weight is 485 g/mol. The molecule has 0 heterocycles. The van der Waals surface area contributed by atoms with Crippen LogP contribution in [-0.4, -0.2) is 50.1 Å². The molecular formula is C24H30F2O6S. The van der Waals surface area contributed by atoms with Gasteiger partial charge in [-0.05, 0) is 49.8 Å². The van der Waals surface area contributed by atoms with Gasteiger partial charge in [0.25, 0.3) is 5.12 Å². The molecular weight excluding hydrogens is 454 g/mol. The number of alkyl halides is 2. The number of fused-ring (bicyclic) bond motifs is 5. The molecule has 0 amide bonds. The van der Waals surface area contributed by atoms with E-state index in [-0.39, 0.29) is 43.3 Å². The summed E-state index contributed by atoms with van der Waals surface area (Å²) in [5.74, 6) is -3.26. The lowest BCUT2D eigenvalue weighted by Gasteiger charge is -2.63. The summed E-state index contributed by atoms with van der Waals surface area (Å²) in [4.78, 5) is 37.4. The second kappa shape index (κ2) is 7.71. The van der Waals surface area contributed by atoms with Gasteiger partial charge in [0, 0.05) is 29.1 Å². The van der Waals surface area contributed by atoms with Gasteiger partial charge in [-0.15, -0.1) is 0 Å². The number of carbonyl (C=O) groups excluding carboxylic acids is 3. The Kier molecular flexibility index (Phi) is 5.74. The highest BCUT2D eigenvalue weighted by Gasteiger charge is 2.78. The fraction of sp³-hybridized carbons (Fsp3) is 0.708. The average Bonchev–Trinajstić information content (AvgIpc) is 2.98. The van der Waals surface area contributed by atoms with Crippen molar-refractivity contribution in [2.45, 2.75) is 76.9 Å². The van der Waals surface area contributed by atoms with Gasteiger partial charge in [-0.3, -0.25) is 14.4 Å². The molecule has 0 aliphatic heterocycles. The molecule has 0 aromatic heterocycles. The Morgan fingerprint density at radius 1 is 1.27 bits per heavy atom. The van der Waals surface area contributed by atoms with Crippen molar-refractivity contribution < 1.29 is 37.6 Å². The second-order valence-corrected chi connectivity index (χ2v) is 11.0. The summed E-state index contributed by atoms with van der Waals surface area (Å²) in [5.41, 5.74) is -6.81. The van der Waals surface area contributed by atoms with E-state index in [1.165, 1.54) is 19.1 Å². The lowest BCUT2D eigenvalue weighted by molar-refractivity contribution is -0.228. The van der Waals surface area contributed by atoms with Crippen molar-refractivity contribution in [1.29, 1.82) is 0 Å². The van der Waals surface area contributed by atoms with Crippen LogP contribution in [0.5, 0.6) is 0 Å². The normalized spacial score (nSPS) is 48.4. The van der Waals surface area contributed by atoms with E-state index in [1.807, 2.05) is 0 Å². The Balaban J connectivity index is 1.88. The largest absolute Gasteiger partial charge is 0.449 e. The molecule has 2 unspecified atom stereocenters. The highest BCUT2D eigenvalue weighted by Crippen LogP contribution is 2.72. The number of esters is 1. The molecule has 0 saturated heterocycles. The van der Waals surface area contributed by atoms with Gasteiger partial charge < -0.3 is 14.4 Å². The maximum Gasteiger partial charge on any atom is 0.306 e. The van der Waals surface area contributed by atoms with Crippen LogP contribution in [0.1, 0.15) is 53.4 Å². The maximum atomic E-state index is 17.2. The van der Waals surface area contributed by atoms with E-state index in [0.717, 1.165) is 6.08 Å². The van der Waals surface area contributed by atoms with Crippen molar-refractivity contribution in [3.63, 3.8) is 0 Å². The summed E-state index contributed by atoms with van der Waals surface area (Å²) < 4.78 is 48.1. The zero-order chi connectivity index (χ0) is 24.6. The Morgan fingerprint density at radius 2 is 1.94 bits per heavy atom. The van der Waals surface area contributed by atoms with Gasteiger partial charge in [0.15, 0.2) is 17.1 Å². The topological polar surface area (TPSA) is 101 Å². The number of carbonyl (C=O) groups is 3. The van der Waals surface area contributed by atoms with Gasteiger partial charge in [-0.1, -0.05) is 26.8 Å². The minimum Gasteiger partial charge on any atom is -0.449 e. The minimum absolute atomic E-state index is 0.00474. The Bertz CT molecular complexity index is 967. The van der Waals surface area contributed by atoms with Crippen molar-refractivity contribution >= 4 is 28.9 Å². The monoisotopic (exact) mass is 484 g/mol. The molecule has 0 aromatic carbocycles. The predicted molar refractivity (Wildman–Crippen MR) is 118 cm³/mol. The first kappa shape index (κ1) is 24.5. The number of ketones is 1. The number of ether oxygens (including phenoxy) is 1. The number of allylic oxidation sites excluding steroid dienone is 4. The molecule has 6 nitrogen and oxygen atoms in total. The molecule has 0 spiro atoms. The standard InChI is InChI=1S/C24H30F2O6S/c1-5-19(29)32-24(20(30)33-31)12(2)8-14-15-10-17(25)16-9-13(27)6-7-21(16,3)23(15,26)18(28)11-22(14,24)4/h6-7,9,12,14-15,17-18,28,31H,5,8,10-11H2,1-4H3/t12-,14?,15?,17+,18+,21+,22+,23+,24+/m1/s1. The van der Waals surface area contributed by atoms with E-state index in [2.05, 4.69) is 0 Å². The fourth-order valence-corrected chi connectivity index (χ4v) is 8.15. The van der Waals surface area contributed by atoms with Crippen LogP contribution >= 0.6 is 12.0 Å². The van der Waals surface area contributed by atoms with Crippen LogP contribution in [0.25, 0.3) is 0 Å². The molecule has 3 saturated carbocycles. The number of halogens is 2. The van der Waals surface area contributed by atoms with E-state index in [1.54, 1.807) is 20.8 Å². The zero-order valence-corrected chi connectivity index (χ0v) is 20.0. The molecule has 2 N–H and O–H groups in total. The van der Waals surface area contributed by atoms with E-state index < -0.39 is 69.0 Å². The van der Waals surface area contributed by atoms with Crippen molar-refractivity contribution in [3.8, 4) is 0 Å². The molecule has 4 aliphatic carbocycles. The first-order valence-corrected chi connectivity index (χ1v) is 12.1. The number of rotatable bonds is 3. The van der Waals surface area contributed by atoms with Crippen LogP contribution in [0.15, 0.2) is 23.8 Å². The molecule has 0 radical (unpaired) electrons. The first-order valence-electron chi connectivity index (χ1n) is 11.4. The predicted octanol–water partition coefficient (Wildman–Crippen LogP) is 3.98. The summed E-state index contributed by atoms with van der Waals surface area (Å²) in [7, 11) is 0. The fourth-order valence-electron chi connectivity index (χ4n) is 7.54. The van der Waals surface area contributed by atoms with Crippen LogP contribution in [0.4, 0.5) is 8.78 Å². The van der Waals surface area contributed by atoms with E-state index >= 15 is 8.78 Å². The van der Waals surface area contributed by atoms with Gasteiger partial charge in [0.1, 0.15) is 6.17 Å². The van der Waals surface area contributed by atoms with Crippen molar-refractivity contribution in [2.24, 2.45) is 28.6 Å². The number of aliphatic hydroxyl groups is 1. The highest BCUT2D eigenvalue weighted by molar-refractivity contribution is 8.09. The molecule has 0 bridgehead atoms. The van der Waals surface area contributed by atoms with E-state index in [4.69, 9.17) is 4.74 Å². The Morgan fingerprint density at radius 3 is 2.55 bits per heavy atom. The summed E-state index contributed by atoms with van der Waals surface area (Å²) in [5, 5.41) is 10.6. The lowest BCUT2D eigenvalue weighted by Crippen LogP contribution is -2.70. The highest BCUT2D eigenvalue weighted by atomic mass is 32.2. The molecule has 4 rings (SSSR count). The Labute approximate surface area is 196 Å². The SMILES string of the molecule is CCC(=O)O[C@]1(C(=O)SO)[C@H](C)CC2C3C[C@H](F)C4=CC(=O)C=C[C@]4(C)[C@@]3(F)[C@@H](O)C[C@@]21C. The third-order valence-corrected chi connectivity index (χ3v) is 9.59. The quantitative estimate of drug-likeness (QED) is 0.462. The van der Waals surface area contributed by atoms with Crippen LogP contribution in [0, 0.1) is 28.6 Å². The third-order valence-electron chi connectivity index (χ3n) is 9.12. The molecule has 0 aromatic rings. The van der Waals surface area contributed by atoms with Gasteiger partial charge in [0.05, 0.1) is 18.1 Å². The third kappa shape index (κ3) is 2.88. The van der Waals surface area contributed by atoms with Crippen molar-refractivity contribution in [2.75, 3.05) is 0 Å². The smallest absolute Gasteiger partial charge is 0.306 e. The molecule has 3 fully saturated rings. The number of hydrogen-bond acceptors (Lipinski definition) is 7. The number of hydrogen-bond donors (Lipinski definition) is 2. The molecule has 182 valence electrons. The van der Waals surface area contributed by atoms with Crippen molar-refractivity contribution in [3.05, 3.63) is 23.8 Å². The lowest BCUT2D eigenvalue weighted by atomic mass is 9.44. The minimum atomic E-state index is -2.29. The summed E-state index contributed by atoms with van der Waals surface area (Å²) >= 11 is -0.0440. The zero-order valence-electron chi connectivity index (χ0n) is 19.1. The molecule has 4 aliphatic rings. The van der Waals surface area contributed by atoms with E-state index in [0.29, 0.717) is 0 Å². The van der Waals surface area contributed by atoms with Gasteiger partial charge in [-0.25, -0.2) is 8.78 Å². The van der Waals surface area contributed by atoms with E-state index in [9.17, 15) is 24.0 Å². The van der Waals surface area contributed by atoms with Gasteiger partial charge >= 0.3 is 5.97 Å². The van der Waals surface area contributed by atoms with Crippen molar-refractivity contribution in [1.82, 2.24) is 0 Å². The maximum absolute atomic E-state index is 17.2. The Hall–Kier alpha value is -1.58. The first-order chi connectivity index (χ1) is 15.3. The molecule has 33 heavy (non-hydrogen) atoms. The summed E-state index contributed by atoms with van der Waals surface area (Å²) in [6.45, 7) is 6.45. The van der Waals surface area contributed by atoms with Crippen LogP contribution in [0.2, 0.25) is 0 Å². The van der Waals surface area contributed by atoms with Crippen LogP contribution < -0.4 is 0 Å². The van der Waals surface area contributed by atoms with Gasteiger partial charge in [-0.2, -0.15) is 0 Å². The summed E-state index contributed by atoms with van der Waals surface area (Å²) in [6, 6.07) is 0.